The molecule has 1 saturated carbocycles. The zero-order valence-corrected chi connectivity index (χ0v) is 22.6. The lowest BCUT2D eigenvalue weighted by molar-refractivity contribution is -0.140. The summed E-state index contributed by atoms with van der Waals surface area (Å²) in [6, 6.07) is 13.3. The minimum atomic E-state index is -0.550. The van der Waals surface area contributed by atoms with Crippen LogP contribution < -0.4 is 14.8 Å². The van der Waals surface area contributed by atoms with Crippen molar-refractivity contribution in [2.45, 2.75) is 77.9 Å². The number of hydrogen-bond donors (Lipinski definition) is 1. The van der Waals surface area contributed by atoms with Crippen LogP contribution in [0.1, 0.15) is 64.0 Å². The Kier molecular flexibility index (Phi) is 10.5. The summed E-state index contributed by atoms with van der Waals surface area (Å²) in [4.78, 5) is 28.2. The maximum atomic E-state index is 13.4. The van der Waals surface area contributed by atoms with Crippen LogP contribution in [0.4, 0.5) is 0 Å². The molecule has 0 radical (unpaired) electrons. The van der Waals surface area contributed by atoms with Gasteiger partial charge < -0.3 is 19.7 Å². The lowest BCUT2D eigenvalue weighted by Gasteiger charge is -2.30. The Balaban J connectivity index is 1.72. The Morgan fingerprint density at radius 2 is 1.63 bits per heavy atom. The molecule has 35 heavy (non-hydrogen) atoms. The van der Waals surface area contributed by atoms with E-state index in [4.69, 9.17) is 9.47 Å². The highest BCUT2D eigenvalue weighted by molar-refractivity contribution is 9.10. The van der Waals surface area contributed by atoms with E-state index in [1.807, 2.05) is 63.2 Å². The van der Waals surface area contributed by atoms with Crippen molar-refractivity contribution in [2.75, 3.05) is 13.2 Å². The second-order valence-corrected chi connectivity index (χ2v) is 9.88. The second kappa shape index (κ2) is 13.5. The smallest absolute Gasteiger partial charge is 0.242 e. The zero-order valence-electron chi connectivity index (χ0n) is 21.0. The molecule has 1 aliphatic rings. The van der Waals surface area contributed by atoms with Crippen LogP contribution in [-0.4, -0.2) is 42.0 Å². The number of ether oxygens (including phenoxy) is 2. The third-order valence-corrected chi connectivity index (χ3v) is 6.90. The average molecular weight is 546 g/mol. The number of rotatable bonds is 12. The molecule has 1 aliphatic carbocycles. The van der Waals surface area contributed by atoms with Crippen molar-refractivity contribution in [2.24, 2.45) is 0 Å². The van der Waals surface area contributed by atoms with Gasteiger partial charge in [0.25, 0.3) is 0 Å². The number of benzene rings is 2. The van der Waals surface area contributed by atoms with Gasteiger partial charge in [0.15, 0.2) is 11.5 Å². The number of nitrogens with zero attached hydrogens (tertiary/aromatic N) is 1. The van der Waals surface area contributed by atoms with Crippen molar-refractivity contribution in [3.8, 4) is 11.5 Å². The molecule has 0 heterocycles. The summed E-state index contributed by atoms with van der Waals surface area (Å²) in [7, 11) is 0. The third kappa shape index (κ3) is 7.99. The number of nitrogens with one attached hydrogen (secondary N) is 1. The van der Waals surface area contributed by atoms with Gasteiger partial charge in [0, 0.05) is 23.5 Å². The molecule has 2 aromatic rings. The summed E-state index contributed by atoms with van der Waals surface area (Å²) >= 11 is 3.46. The number of aryl methyl sites for hydroxylation is 1. The molecule has 1 fully saturated rings. The first-order chi connectivity index (χ1) is 16.9. The van der Waals surface area contributed by atoms with E-state index in [-0.39, 0.29) is 17.9 Å². The highest BCUT2D eigenvalue weighted by Gasteiger charge is 2.28. The van der Waals surface area contributed by atoms with Crippen LogP contribution in [0.2, 0.25) is 0 Å². The van der Waals surface area contributed by atoms with Gasteiger partial charge in [-0.3, -0.25) is 9.59 Å². The van der Waals surface area contributed by atoms with Gasteiger partial charge in [0.1, 0.15) is 6.04 Å². The fraction of sp³-hybridized carbons (Fsp3) is 0.500. The Morgan fingerprint density at radius 1 is 1.00 bits per heavy atom. The first-order valence-electron chi connectivity index (χ1n) is 12.6. The summed E-state index contributed by atoms with van der Waals surface area (Å²) in [5, 5.41) is 3.15. The molecule has 1 unspecified atom stereocenters. The predicted molar refractivity (Wildman–Crippen MR) is 142 cm³/mol. The normalized spacial score (nSPS) is 14.4. The molecule has 0 aromatic heterocycles. The van der Waals surface area contributed by atoms with Crippen molar-refractivity contribution in [1.29, 1.82) is 0 Å². The number of carbonyl (C=O) groups is 2. The van der Waals surface area contributed by atoms with E-state index in [1.54, 1.807) is 4.90 Å². The van der Waals surface area contributed by atoms with Gasteiger partial charge in [-0.05, 0) is 75.4 Å². The van der Waals surface area contributed by atoms with Gasteiger partial charge in [0.2, 0.25) is 11.8 Å². The molecule has 1 N–H and O–H groups in total. The molecule has 0 saturated heterocycles. The van der Waals surface area contributed by atoms with Crippen LogP contribution in [-0.2, 0) is 22.6 Å². The van der Waals surface area contributed by atoms with Crippen LogP contribution in [0.15, 0.2) is 46.9 Å². The highest BCUT2D eigenvalue weighted by atomic mass is 79.9. The van der Waals surface area contributed by atoms with Gasteiger partial charge in [-0.1, -0.05) is 47.0 Å². The number of halogens is 1. The monoisotopic (exact) mass is 544 g/mol. The van der Waals surface area contributed by atoms with Gasteiger partial charge in [-0.25, -0.2) is 0 Å². The number of amides is 2. The molecule has 7 heteroatoms. The minimum absolute atomic E-state index is 0.0474. The Hall–Kier alpha value is -2.54. The molecule has 0 spiro atoms. The largest absolute Gasteiger partial charge is 0.490 e. The fourth-order valence-electron chi connectivity index (χ4n) is 4.41. The maximum Gasteiger partial charge on any atom is 0.242 e. The Labute approximate surface area is 217 Å². The van der Waals surface area contributed by atoms with E-state index in [0.29, 0.717) is 44.1 Å². The van der Waals surface area contributed by atoms with Crippen molar-refractivity contribution in [3.63, 3.8) is 0 Å². The van der Waals surface area contributed by atoms with E-state index in [0.717, 1.165) is 41.3 Å². The second-order valence-electron chi connectivity index (χ2n) is 8.96. The molecule has 2 aromatic carbocycles. The van der Waals surface area contributed by atoms with Crippen LogP contribution in [0, 0.1) is 0 Å². The highest BCUT2D eigenvalue weighted by Crippen LogP contribution is 2.29. The quantitative estimate of drug-likeness (QED) is 0.374. The van der Waals surface area contributed by atoms with Crippen LogP contribution in [0.3, 0.4) is 0 Å². The summed E-state index contributed by atoms with van der Waals surface area (Å²) in [6.07, 6.45) is 5.17. The van der Waals surface area contributed by atoms with Gasteiger partial charge in [0.05, 0.1) is 13.2 Å². The molecule has 6 nitrogen and oxygen atoms in total. The lowest BCUT2D eigenvalue weighted by Crippen LogP contribution is -2.49. The van der Waals surface area contributed by atoms with Gasteiger partial charge in [-0.15, -0.1) is 0 Å². The van der Waals surface area contributed by atoms with Crippen LogP contribution >= 0.6 is 15.9 Å². The zero-order chi connectivity index (χ0) is 25.2. The van der Waals surface area contributed by atoms with E-state index >= 15 is 0 Å². The Morgan fingerprint density at radius 3 is 2.29 bits per heavy atom. The molecular formula is C28H37BrN2O4. The third-order valence-electron chi connectivity index (χ3n) is 6.37. The van der Waals surface area contributed by atoms with Gasteiger partial charge >= 0.3 is 0 Å². The van der Waals surface area contributed by atoms with E-state index in [1.165, 1.54) is 0 Å². The van der Waals surface area contributed by atoms with Crippen LogP contribution in [0.5, 0.6) is 11.5 Å². The van der Waals surface area contributed by atoms with Crippen molar-refractivity contribution >= 4 is 27.7 Å². The molecular weight excluding hydrogens is 508 g/mol. The summed E-state index contributed by atoms with van der Waals surface area (Å²) in [5.41, 5.74) is 1.98. The summed E-state index contributed by atoms with van der Waals surface area (Å²) in [5.74, 6) is 1.27. The topological polar surface area (TPSA) is 67.9 Å². The van der Waals surface area contributed by atoms with E-state index in [2.05, 4.69) is 21.2 Å². The molecule has 3 rings (SSSR count). The van der Waals surface area contributed by atoms with Gasteiger partial charge in [-0.2, -0.15) is 0 Å². The fourth-order valence-corrected chi connectivity index (χ4v) is 4.67. The molecule has 1 atom stereocenters. The number of hydrogen-bond acceptors (Lipinski definition) is 4. The molecule has 190 valence electrons. The number of carbonyl (C=O) groups excluding carboxylic acids is 2. The lowest BCUT2D eigenvalue weighted by atomic mass is 10.1. The van der Waals surface area contributed by atoms with Crippen molar-refractivity contribution < 1.29 is 19.1 Å². The first kappa shape index (κ1) is 27.1. The molecule has 0 aliphatic heterocycles. The van der Waals surface area contributed by atoms with E-state index in [9.17, 15) is 9.59 Å². The van der Waals surface area contributed by atoms with Crippen molar-refractivity contribution in [1.82, 2.24) is 10.2 Å². The van der Waals surface area contributed by atoms with Crippen LogP contribution in [0.25, 0.3) is 0 Å². The van der Waals surface area contributed by atoms with Crippen molar-refractivity contribution in [3.05, 3.63) is 58.1 Å². The summed E-state index contributed by atoms with van der Waals surface area (Å²) < 4.78 is 12.4. The Bertz CT molecular complexity index is 973. The minimum Gasteiger partial charge on any atom is -0.490 e. The average Bonchev–Trinajstić information content (AvgIpc) is 3.36. The maximum absolute atomic E-state index is 13.4. The summed E-state index contributed by atoms with van der Waals surface area (Å²) in [6.45, 7) is 7.18. The van der Waals surface area contributed by atoms with E-state index < -0.39 is 6.04 Å². The molecule has 2 amide bonds. The predicted octanol–water partition coefficient (Wildman–Crippen LogP) is 5.66. The standard InChI is InChI=1S/C28H37BrN2O4/c1-4-34-25-16-12-21(18-26(25)35-5-2)13-17-27(32)31(19-22-10-14-23(29)15-11-22)20(3)28(33)30-24-8-6-7-9-24/h10-12,14-16,18,20,24H,4-9,13,17,19H2,1-3H3,(H,30,33). The molecule has 0 bridgehead atoms. The first-order valence-corrected chi connectivity index (χ1v) is 13.4. The SMILES string of the molecule is CCOc1ccc(CCC(=O)N(Cc2ccc(Br)cc2)C(C)C(=O)NC2CCCC2)cc1OCC.